The number of carbonyl (C=O) groups excluding carboxylic acids is 1. The Balaban J connectivity index is 1.88. The summed E-state index contributed by atoms with van der Waals surface area (Å²) in [6.45, 7) is 1.71. The average Bonchev–Trinajstić information content (AvgIpc) is 2.77. The van der Waals surface area contributed by atoms with Crippen LogP contribution in [0.3, 0.4) is 0 Å². The first kappa shape index (κ1) is 13.2. The Kier molecular flexibility index (Phi) is 3.13. The quantitative estimate of drug-likeness (QED) is 0.782. The predicted molar refractivity (Wildman–Crippen MR) is 73.1 cm³/mol. The van der Waals surface area contributed by atoms with E-state index in [-0.39, 0.29) is 5.56 Å². The highest BCUT2D eigenvalue weighted by Crippen LogP contribution is 2.20. The Bertz CT molecular complexity index is 843. The maximum absolute atomic E-state index is 13.5. The Morgan fingerprint density at radius 3 is 2.76 bits per heavy atom. The molecule has 106 valence electrons. The largest absolute Gasteiger partial charge is 0.441 e. The highest BCUT2D eigenvalue weighted by atomic mass is 19.1. The van der Waals surface area contributed by atoms with Gasteiger partial charge in [0, 0.05) is 18.7 Å². The maximum atomic E-state index is 13.5. The minimum absolute atomic E-state index is 0.229. The molecule has 1 amide bonds. The van der Waals surface area contributed by atoms with Crippen LogP contribution in [0, 0.1) is 18.6 Å². The fourth-order valence-electron chi connectivity index (χ4n) is 1.99. The summed E-state index contributed by atoms with van der Waals surface area (Å²) >= 11 is 0. The number of aromatic nitrogens is 1. The normalized spacial score (nSPS) is 10.8. The van der Waals surface area contributed by atoms with Gasteiger partial charge >= 0.3 is 0 Å². The van der Waals surface area contributed by atoms with Crippen molar-refractivity contribution in [1.29, 1.82) is 0 Å². The molecule has 0 fully saturated rings. The molecule has 3 aromatic rings. The number of oxazole rings is 1. The number of rotatable bonds is 2. The Morgan fingerprint density at radius 2 is 2.00 bits per heavy atom. The van der Waals surface area contributed by atoms with Gasteiger partial charge in [-0.2, -0.15) is 0 Å². The third kappa shape index (κ3) is 2.60. The van der Waals surface area contributed by atoms with Crippen molar-refractivity contribution in [3.8, 4) is 0 Å². The molecule has 0 unspecified atom stereocenters. The van der Waals surface area contributed by atoms with Gasteiger partial charge in [-0.25, -0.2) is 13.8 Å². The van der Waals surface area contributed by atoms with Crippen molar-refractivity contribution in [1.82, 2.24) is 4.98 Å². The molecule has 0 aliphatic carbocycles. The number of benzene rings is 2. The first-order valence-electron chi connectivity index (χ1n) is 6.16. The van der Waals surface area contributed by atoms with Gasteiger partial charge in [0.2, 0.25) is 0 Å². The molecule has 1 aromatic heterocycles. The minimum atomic E-state index is -0.911. The third-order valence-corrected chi connectivity index (χ3v) is 2.93. The molecule has 0 aliphatic rings. The Labute approximate surface area is 118 Å². The van der Waals surface area contributed by atoms with Crippen molar-refractivity contribution >= 4 is 22.7 Å². The second-order valence-corrected chi connectivity index (χ2v) is 4.49. The predicted octanol–water partition coefficient (Wildman–Crippen LogP) is 3.67. The number of aryl methyl sites for hydroxylation is 1. The van der Waals surface area contributed by atoms with Crippen molar-refractivity contribution in [2.75, 3.05) is 5.32 Å². The van der Waals surface area contributed by atoms with Gasteiger partial charge in [0.25, 0.3) is 5.91 Å². The van der Waals surface area contributed by atoms with E-state index in [4.69, 9.17) is 4.42 Å². The van der Waals surface area contributed by atoms with Gasteiger partial charge in [-0.1, -0.05) is 0 Å². The fraction of sp³-hybridized carbons (Fsp3) is 0.0667. The highest BCUT2D eigenvalue weighted by Gasteiger charge is 2.13. The fourth-order valence-corrected chi connectivity index (χ4v) is 1.99. The number of fused-ring (bicyclic) bond motifs is 1. The molecule has 0 radical (unpaired) electrons. The lowest BCUT2D eigenvalue weighted by Gasteiger charge is -2.06. The van der Waals surface area contributed by atoms with Crippen LogP contribution in [0.25, 0.3) is 11.1 Å². The van der Waals surface area contributed by atoms with E-state index in [1.165, 1.54) is 0 Å². The van der Waals surface area contributed by atoms with E-state index in [9.17, 15) is 13.6 Å². The van der Waals surface area contributed by atoms with Crippen LogP contribution in [0.2, 0.25) is 0 Å². The van der Waals surface area contributed by atoms with Crippen molar-refractivity contribution in [3.63, 3.8) is 0 Å². The summed E-state index contributed by atoms with van der Waals surface area (Å²) in [7, 11) is 0. The zero-order valence-corrected chi connectivity index (χ0v) is 11.0. The number of halogens is 2. The molecule has 0 saturated heterocycles. The van der Waals surface area contributed by atoms with Gasteiger partial charge in [-0.3, -0.25) is 4.79 Å². The maximum Gasteiger partial charge on any atom is 0.258 e. The number of anilines is 1. The zero-order chi connectivity index (χ0) is 15.0. The molecular formula is C15H10F2N2O2. The number of hydrogen-bond donors (Lipinski definition) is 1. The first-order chi connectivity index (χ1) is 10.0. The van der Waals surface area contributed by atoms with Crippen LogP contribution in [0.4, 0.5) is 14.5 Å². The van der Waals surface area contributed by atoms with Gasteiger partial charge < -0.3 is 9.73 Å². The van der Waals surface area contributed by atoms with E-state index in [1.54, 1.807) is 25.1 Å². The van der Waals surface area contributed by atoms with Crippen molar-refractivity contribution < 1.29 is 18.0 Å². The van der Waals surface area contributed by atoms with Crippen molar-refractivity contribution in [3.05, 3.63) is 59.5 Å². The second-order valence-electron chi connectivity index (χ2n) is 4.49. The molecule has 3 rings (SSSR count). The third-order valence-electron chi connectivity index (χ3n) is 2.93. The van der Waals surface area contributed by atoms with Gasteiger partial charge in [0.05, 0.1) is 5.56 Å². The second kappa shape index (κ2) is 4.97. The topological polar surface area (TPSA) is 55.1 Å². The number of carbonyl (C=O) groups is 1. The van der Waals surface area contributed by atoms with Crippen molar-refractivity contribution in [2.24, 2.45) is 0 Å². The van der Waals surface area contributed by atoms with Crippen LogP contribution >= 0.6 is 0 Å². The number of hydrogen-bond acceptors (Lipinski definition) is 3. The summed E-state index contributed by atoms with van der Waals surface area (Å²) in [5.74, 6) is -1.79. The van der Waals surface area contributed by atoms with Gasteiger partial charge in [-0.05, 0) is 30.3 Å². The smallest absolute Gasteiger partial charge is 0.258 e. The van der Waals surface area contributed by atoms with Gasteiger partial charge in [0.1, 0.15) is 17.2 Å². The summed E-state index contributed by atoms with van der Waals surface area (Å²) in [6, 6.07) is 7.68. The Morgan fingerprint density at radius 1 is 1.19 bits per heavy atom. The van der Waals surface area contributed by atoms with Crippen LogP contribution in [0.5, 0.6) is 0 Å². The lowest BCUT2D eigenvalue weighted by Crippen LogP contribution is -2.13. The minimum Gasteiger partial charge on any atom is -0.441 e. The summed E-state index contributed by atoms with van der Waals surface area (Å²) < 4.78 is 31.7. The van der Waals surface area contributed by atoms with Crippen LogP contribution in [-0.4, -0.2) is 10.9 Å². The molecular weight excluding hydrogens is 278 g/mol. The summed E-state index contributed by atoms with van der Waals surface area (Å²) in [5, 5.41) is 2.54. The summed E-state index contributed by atoms with van der Waals surface area (Å²) in [6.07, 6.45) is 0. The Hall–Kier alpha value is -2.76. The van der Waals surface area contributed by atoms with E-state index in [1.807, 2.05) is 0 Å². The first-order valence-corrected chi connectivity index (χ1v) is 6.16. The van der Waals surface area contributed by atoms with Crippen molar-refractivity contribution in [2.45, 2.75) is 6.92 Å². The molecule has 2 aromatic carbocycles. The SMILES string of the molecule is Cc1nc2cc(NC(=O)c3ccc(F)cc3F)ccc2o1. The summed E-state index contributed by atoms with van der Waals surface area (Å²) in [4.78, 5) is 16.1. The monoisotopic (exact) mass is 288 g/mol. The number of nitrogens with zero attached hydrogens (tertiary/aromatic N) is 1. The molecule has 4 nitrogen and oxygen atoms in total. The molecule has 6 heteroatoms. The lowest BCUT2D eigenvalue weighted by atomic mass is 10.2. The van der Waals surface area contributed by atoms with Crippen LogP contribution in [0.15, 0.2) is 40.8 Å². The molecule has 0 saturated carbocycles. The molecule has 1 N–H and O–H groups in total. The van der Waals surface area contributed by atoms with E-state index >= 15 is 0 Å². The van der Waals surface area contributed by atoms with E-state index < -0.39 is 17.5 Å². The van der Waals surface area contributed by atoms with Gasteiger partial charge in [0.15, 0.2) is 11.5 Å². The van der Waals surface area contributed by atoms with Crippen LogP contribution in [0.1, 0.15) is 16.2 Å². The van der Waals surface area contributed by atoms with Gasteiger partial charge in [-0.15, -0.1) is 0 Å². The van der Waals surface area contributed by atoms with E-state index in [2.05, 4.69) is 10.3 Å². The zero-order valence-electron chi connectivity index (χ0n) is 11.0. The highest BCUT2D eigenvalue weighted by molar-refractivity contribution is 6.05. The number of nitrogens with one attached hydrogen (secondary N) is 1. The lowest BCUT2D eigenvalue weighted by molar-refractivity contribution is 0.102. The van der Waals surface area contributed by atoms with Crippen LogP contribution in [-0.2, 0) is 0 Å². The summed E-state index contributed by atoms with van der Waals surface area (Å²) in [5.41, 5.74) is 1.40. The molecule has 0 aliphatic heterocycles. The van der Waals surface area contributed by atoms with E-state index in [0.29, 0.717) is 28.7 Å². The molecule has 21 heavy (non-hydrogen) atoms. The average molecular weight is 288 g/mol. The van der Waals surface area contributed by atoms with Crippen LogP contribution < -0.4 is 5.32 Å². The number of amides is 1. The molecule has 1 heterocycles. The van der Waals surface area contributed by atoms with E-state index in [0.717, 1.165) is 12.1 Å². The molecule has 0 spiro atoms. The standard InChI is InChI=1S/C15H10F2N2O2/c1-8-18-13-7-10(3-5-14(13)21-8)19-15(20)11-4-2-9(16)6-12(11)17/h2-7H,1H3,(H,19,20). The molecule has 0 bridgehead atoms. The molecule has 0 atom stereocenters.